The second kappa shape index (κ2) is 4.46. The van der Waals surface area contributed by atoms with Gasteiger partial charge < -0.3 is 0 Å². The standard InChI is InChI=1S/C6H7NO3S2/c1-7-10-12(9)6-2-3-11-5(6)4-8/h2-4,7H,1H3. The normalized spacial score (nSPS) is 12.8. The predicted octanol–water partition coefficient (Wildman–Crippen LogP) is 0.734. The van der Waals surface area contributed by atoms with Crippen LogP contribution in [-0.4, -0.2) is 17.5 Å². The fraction of sp³-hybridized carbons (Fsp3) is 0.167. The van der Waals surface area contributed by atoms with Crippen molar-refractivity contribution >= 4 is 28.7 Å². The van der Waals surface area contributed by atoms with Crippen molar-refractivity contribution in [3.63, 3.8) is 0 Å². The molecule has 0 aliphatic carbocycles. The van der Waals surface area contributed by atoms with Crippen LogP contribution in [0.15, 0.2) is 16.3 Å². The van der Waals surface area contributed by atoms with Gasteiger partial charge in [0.15, 0.2) is 6.29 Å². The van der Waals surface area contributed by atoms with E-state index in [4.69, 9.17) is 0 Å². The number of hydrogen-bond donors (Lipinski definition) is 1. The van der Waals surface area contributed by atoms with Crippen LogP contribution in [0.4, 0.5) is 0 Å². The van der Waals surface area contributed by atoms with Crippen LogP contribution < -0.4 is 5.48 Å². The van der Waals surface area contributed by atoms with Gasteiger partial charge in [0, 0.05) is 7.05 Å². The molecule has 12 heavy (non-hydrogen) atoms. The van der Waals surface area contributed by atoms with Crippen LogP contribution >= 0.6 is 11.3 Å². The molecule has 4 nitrogen and oxygen atoms in total. The molecule has 0 bridgehead atoms. The lowest BCUT2D eigenvalue weighted by Gasteiger charge is -1.97. The van der Waals surface area contributed by atoms with Crippen LogP contribution in [0, 0.1) is 0 Å². The van der Waals surface area contributed by atoms with Crippen molar-refractivity contribution in [3.05, 3.63) is 16.3 Å². The smallest absolute Gasteiger partial charge is 0.208 e. The molecular weight excluding hydrogens is 198 g/mol. The Morgan fingerprint density at radius 3 is 3.08 bits per heavy atom. The van der Waals surface area contributed by atoms with Crippen LogP contribution in [0.5, 0.6) is 0 Å². The first-order valence-electron chi connectivity index (χ1n) is 3.08. The minimum absolute atomic E-state index is 0.407. The molecule has 0 radical (unpaired) electrons. The highest BCUT2D eigenvalue weighted by Crippen LogP contribution is 2.18. The van der Waals surface area contributed by atoms with Gasteiger partial charge in [0.05, 0.1) is 9.77 Å². The van der Waals surface area contributed by atoms with E-state index in [1.54, 1.807) is 11.4 Å². The molecule has 0 amide bonds. The van der Waals surface area contributed by atoms with Gasteiger partial charge >= 0.3 is 0 Å². The van der Waals surface area contributed by atoms with Crippen LogP contribution in [0.3, 0.4) is 0 Å². The van der Waals surface area contributed by atoms with E-state index in [0.29, 0.717) is 16.1 Å². The highest BCUT2D eigenvalue weighted by molar-refractivity contribution is 7.80. The van der Waals surface area contributed by atoms with E-state index < -0.39 is 11.1 Å². The first-order chi connectivity index (χ1) is 5.79. The third-order valence-corrected chi connectivity index (χ3v) is 3.11. The summed E-state index contributed by atoms with van der Waals surface area (Å²) < 4.78 is 15.8. The molecule has 0 aliphatic rings. The fourth-order valence-corrected chi connectivity index (χ4v) is 2.31. The SMILES string of the molecule is CNOS(=O)c1ccsc1C=O. The molecule has 1 N–H and O–H groups in total. The van der Waals surface area contributed by atoms with Gasteiger partial charge in [0.1, 0.15) is 0 Å². The maximum absolute atomic E-state index is 11.2. The van der Waals surface area contributed by atoms with Crippen molar-refractivity contribution in [2.24, 2.45) is 0 Å². The van der Waals surface area contributed by atoms with E-state index in [2.05, 4.69) is 9.76 Å². The fourth-order valence-electron chi connectivity index (χ4n) is 0.653. The maximum atomic E-state index is 11.2. The van der Waals surface area contributed by atoms with E-state index in [0.717, 1.165) is 0 Å². The summed E-state index contributed by atoms with van der Waals surface area (Å²) in [6, 6.07) is 1.60. The van der Waals surface area contributed by atoms with Crippen molar-refractivity contribution < 1.29 is 13.3 Å². The molecule has 0 spiro atoms. The van der Waals surface area contributed by atoms with Gasteiger partial charge in [-0.1, -0.05) is 0 Å². The van der Waals surface area contributed by atoms with Gasteiger partial charge in [-0.3, -0.25) is 4.79 Å². The average Bonchev–Trinajstić information content (AvgIpc) is 2.51. The molecule has 1 aromatic heterocycles. The number of rotatable bonds is 4. The Morgan fingerprint density at radius 1 is 1.75 bits per heavy atom. The molecule has 0 aromatic carbocycles. The first-order valence-corrected chi connectivity index (χ1v) is 5.03. The van der Waals surface area contributed by atoms with E-state index in [-0.39, 0.29) is 0 Å². The predicted molar refractivity (Wildman–Crippen MR) is 46.3 cm³/mol. The summed E-state index contributed by atoms with van der Waals surface area (Å²) in [7, 11) is 1.50. The van der Waals surface area contributed by atoms with E-state index in [1.165, 1.54) is 18.4 Å². The molecule has 0 saturated carbocycles. The Hall–Kier alpha value is -0.560. The Morgan fingerprint density at radius 2 is 2.50 bits per heavy atom. The molecule has 1 rings (SSSR count). The van der Waals surface area contributed by atoms with Gasteiger partial charge in [0.2, 0.25) is 11.1 Å². The number of carbonyl (C=O) groups is 1. The van der Waals surface area contributed by atoms with Crippen molar-refractivity contribution in [1.82, 2.24) is 5.48 Å². The van der Waals surface area contributed by atoms with Gasteiger partial charge in [-0.2, -0.15) is 9.76 Å². The zero-order chi connectivity index (χ0) is 8.97. The number of aldehydes is 1. The zero-order valence-corrected chi connectivity index (χ0v) is 7.91. The molecule has 0 saturated heterocycles. The Labute approximate surface area is 76.2 Å². The summed E-state index contributed by atoms with van der Waals surface area (Å²) >= 11 is -0.361. The zero-order valence-electron chi connectivity index (χ0n) is 6.27. The highest BCUT2D eigenvalue weighted by Gasteiger charge is 2.10. The molecule has 0 aliphatic heterocycles. The minimum atomic E-state index is -1.60. The van der Waals surface area contributed by atoms with Crippen LogP contribution in [0.2, 0.25) is 0 Å². The lowest BCUT2D eigenvalue weighted by Crippen LogP contribution is -2.10. The summed E-state index contributed by atoms with van der Waals surface area (Å²) in [4.78, 5) is 11.2. The van der Waals surface area contributed by atoms with Gasteiger partial charge in [0.25, 0.3) is 0 Å². The summed E-state index contributed by atoms with van der Waals surface area (Å²) in [5.41, 5.74) is 2.30. The summed E-state index contributed by atoms with van der Waals surface area (Å²) in [6.07, 6.45) is 0.664. The molecule has 1 aromatic rings. The van der Waals surface area contributed by atoms with Gasteiger partial charge in [-0.25, -0.2) is 4.21 Å². The van der Waals surface area contributed by atoms with Crippen molar-refractivity contribution in [1.29, 1.82) is 0 Å². The average molecular weight is 205 g/mol. The lowest BCUT2D eigenvalue weighted by atomic mass is 10.5. The Kier molecular flexibility index (Phi) is 3.54. The Balaban J connectivity index is 2.86. The number of carbonyl (C=O) groups excluding carboxylic acids is 1. The van der Waals surface area contributed by atoms with E-state index in [1.807, 2.05) is 0 Å². The quantitative estimate of drug-likeness (QED) is 0.581. The molecule has 1 unspecified atom stereocenters. The minimum Gasteiger partial charge on any atom is -0.297 e. The maximum Gasteiger partial charge on any atom is 0.208 e. The second-order valence-corrected chi connectivity index (χ2v) is 3.81. The molecular formula is C6H7NO3S2. The van der Waals surface area contributed by atoms with E-state index in [9.17, 15) is 9.00 Å². The summed E-state index contributed by atoms with van der Waals surface area (Å²) in [5, 5.41) is 1.69. The van der Waals surface area contributed by atoms with Gasteiger partial charge in [-0.05, 0) is 11.4 Å². The van der Waals surface area contributed by atoms with Crippen LogP contribution in [0.1, 0.15) is 9.67 Å². The Bertz CT molecular complexity index is 297. The first kappa shape index (κ1) is 9.53. The lowest BCUT2D eigenvalue weighted by molar-refractivity contribution is 0.112. The van der Waals surface area contributed by atoms with Crippen LogP contribution in [0.25, 0.3) is 0 Å². The topological polar surface area (TPSA) is 55.4 Å². The number of hydroxylamine groups is 1. The molecule has 1 heterocycles. The van der Waals surface area contributed by atoms with Crippen molar-refractivity contribution in [2.75, 3.05) is 7.05 Å². The third kappa shape index (κ3) is 1.98. The summed E-state index contributed by atoms with van der Waals surface area (Å²) in [6.45, 7) is 0. The number of thiophene rings is 1. The highest BCUT2D eigenvalue weighted by atomic mass is 32.2. The number of hydrogen-bond acceptors (Lipinski definition) is 5. The van der Waals surface area contributed by atoms with Gasteiger partial charge in [-0.15, -0.1) is 11.3 Å². The molecule has 66 valence electrons. The second-order valence-electron chi connectivity index (χ2n) is 1.79. The van der Waals surface area contributed by atoms with Crippen LogP contribution in [-0.2, 0) is 15.4 Å². The van der Waals surface area contributed by atoms with Crippen molar-refractivity contribution in [3.8, 4) is 0 Å². The molecule has 6 heteroatoms. The van der Waals surface area contributed by atoms with Crippen molar-refractivity contribution in [2.45, 2.75) is 4.90 Å². The summed E-state index contributed by atoms with van der Waals surface area (Å²) in [5.74, 6) is 0. The monoisotopic (exact) mass is 205 g/mol. The molecule has 0 fully saturated rings. The third-order valence-electron chi connectivity index (χ3n) is 1.10. The van der Waals surface area contributed by atoms with E-state index >= 15 is 0 Å². The number of nitrogens with one attached hydrogen (secondary N) is 1. The largest absolute Gasteiger partial charge is 0.297 e. The molecule has 1 atom stereocenters.